The van der Waals surface area contributed by atoms with Gasteiger partial charge in [-0.15, -0.1) is 24.0 Å². The molecule has 1 aliphatic rings. The fourth-order valence-corrected chi connectivity index (χ4v) is 4.19. The van der Waals surface area contributed by atoms with Crippen LogP contribution in [0.1, 0.15) is 16.7 Å². The number of hydrogen-bond donors (Lipinski definition) is 2. The molecule has 0 saturated carbocycles. The highest BCUT2D eigenvalue weighted by atomic mass is 127. The zero-order chi connectivity index (χ0) is 21.3. The van der Waals surface area contributed by atoms with Crippen LogP contribution >= 0.6 is 35.7 Å². The highest BCUT2D eigenvalue weighted by Crippen LogP contribution is 2.22. The normalized spacial score (nSPS) is 14.2. The number of thioether (sulfide) groups is 1. The maximum atomic E-state index is 12.6. The van der Waals surface area contributed by atoms with E-state index in [-0.39, 0.29) is 29.7 Å². The van der Waals surface area contributed by atoms with E-state index in [1.54, 1.807) is 19.2 Å². The maximum absolute atomic E-state index is 12.6. The molecule has 3 rings (SSSR count). The lowest BCUT2D eigenvalue weighted by Gasteiger charge is -2.28. The quantitative estimate of drug-likeness (QED) is 0.293. The maximum Gasteiger partial charge on any atom is 0.387 e. The molecule has 170 valence electrons. The van der Waals surface area contributed by atoms with E-state index in [9.17, 15) is 8.78 Å². The van der Waals surface area contributed by atoms with Crippen molar-refractivity contribution in [2.75, 3.05) is 36.5 Å². The monoisotopic (exact) mass is 562 g/mol. The Morgan fingerprint density at radius 2 is 1.77 bits per heavy atom. The largest absolute Gasteiger partial charge is 0.434 e. The standard InChI is InChI=1S/C22H28F2N4OS.HI/c1-16-3-8-20(29-21(23)24)18(13-16)15-27-22(25-2)26-14-17-4-6-19(7-5-17)28-9-11-30-12-10-28;/h3-8,13,21H,9-12,14-15H2,1-2H3,(H2,25,26,27);1H. The van der Waals surface area contributed by atoms with Gasteiger partial charge in [0.1, 0.15) is 5.75 Å². The summed E-state index contributed by atoms with van der Waals surface area (Å²) in [5.41, 5.74) is 4.03. The highest BCUT2D eigenvalue weighted by molar-refractivity contribution is 14.0. The molecule has 0 aliphatic carbocycles. The van der Waals surface area contributed by atoms with Crippen LogP contribution in [0.5, 0.6) is 5.75 Å². The number of anilines is 1. The van der Waals surface area contributed by atoms with Gasteiger partial charge in [-0.05, 0) is 30.7 Å². The first-order chi connectivity index (χ1) is 14.5. The summed E-state index contributed by atoms with van der Waals surface area (Å²) >= 11 is 2.00. The number of nitrogens with one attached hydrogen (secondary N) is 2. The number of hydrogen-bond acceptors (Lipinski definition) is 4. The van der Waals surface area contributed by atoms with E-state index in [0.29, 0.717) is 24.6 Å². The van der Waals surface area contributed by atoms with E-state index >= 15 is 0 Å². The number of guanidine groups is 1. The second-order valence-corrected chi connectivity index (χ2v) is 8.26. The van der Waals surface area contributed by atoms with E-state index in [1.165, 1.54) is 17.2 Å². The molecule has 0 bridgehead atoms. The van der Waals surface area contributed by atoms with Crippen LogP contribution in [-0.4, -0.2) is 44.2 Å². The lowest BCUT2D eigenvalue weighted by Crippen LogP contribution is -2.36. The number of aryl methyl sites for hydroxylation is 1. The van der Waals surface area contributed by atoms with Crippen molar-refractivity contribution in [1.29, 1.82) is 0 Å². The van der Waals surface area contributed by atoms with E-state index < -0.39 is 6.61 Å². The van der Waals surface area contributed by atoms with Gasteiger partial charge in [-0.2, -0.15) is 20.5 Å². The Morgan fingerprint density at radius 3 is 2.42 bits per heavy atom. The summed E-state index contributed by atoms with van der Waals surface area (Å²) in [6, 6.07) is 13.7. The molecule has 0 atom stereocenters. The first-order valence-electron chi connectivity index (χ1n) is 9.95. The summed E-state index contributed by atoms with van der Waals surface area (Å²) in [7, 11) is 1.68. The molecule has 2 aromatic carbocycles. The molecule has 31 heavy (non-hydrogen) atoms. The fourth-order valence-electron chi connectivity index (χ4n) is 3.29. The molecule has 9 heteroatoms. The number of ether oxygens (including phenoxy) is 1. The predicted molar refractivity (Wildman–Crippen MR) is 136 cm³/mol. The Balaban J connectivity index is 0.00000341. The van der Waals surface area contributed by atoms with Gasteiger partial charge in [0.05, 0.1) is 0 Å². The van der Waals surface area contributed by atoms with Crippen molar-refractivity contribution >= 4 is 47.4 Å². The molecule has 0 amide bonds. The molecular formula is C22H29F2IN4OS. The van der Waals surface area contributed by atoms with Crippen molar-refractivity contribution < 1.29 is 13.5 Å². The molecular weight excluding hydrogens is 533 g/mol. The van der Waals surface area contributed by atoms with Crippen molar-refractivity contribution in [3.63, 3.8) is 0 Å². The third-order valence-electron chi connectivity index (χ3n) is 4.87. The van der Waals surface area contributed by atoms with Crippen molar-refractivity contribution in [1.82, 2.24) is 10.6 Å². The zero-order valence-corrected chi connectivity index (χ0v) is 20.9. The smallest absolute Gasteiger partial charge is 0.387 e. The Labute approximate surface area is 204 Å². The number of halogens is 3. The van der Waals surface area contributed by atoms with E-state index in [1.807, 2.05) is 24.8 Å². The van der Waals surface area contributed by atoms with Gasteiger partial charge in [-0.3, -0.25) is 4.99 Å². The highest BCUT2D eigenvalue weighted by Gasteiger charge is 2.12. The summed E-state index contributed by atoms with van der Waals surface area (Å²) in [6.07, 6.45) is 0. The number of rotatable bonds is 7. The van der Waals surface area contributed by atoms with Gasteiger partial charge >= 0.3 is 6.61 Å². The van der Waals surface area contributed by atoms with Crippen LogP contribution in [0.25, 0.3) is 0 Å². The molecule has 0 unspecified atom stereocenters. The second kappa shape index (κ2) is 12.9. The first kappa shape index (κ1) is 25.5. The van der Waals surface area contributed by atoms with Crippen LogP contribution in [0.4, 0.5) is 14.5 Å². The Kier molecular flexibility index (Phi) is 10.7. The minimum atomic E-state index is -2.85. The topological polar surface area (TPSA) is 48.9 Å². The molecule has 2 N–H and O–H groups in total. The number of benzene rings is 2. The summed E-state index contributed by atoms with van der Waals surface area (Å²) < 4.78 is 29.9. The van der Waals surface area contributed by atoms with Crippen LogP contribution in [0.3, 0.4) is 0 Å². The van der Waals surface area contributed by atoms with Crippen molar-refractivity contribution in [2.45, 2.75) is 26.6 Å². The molecule has 0 radical (unpaired) electrons. The lowest BCUT2D eigenvalue weighted by molar-refractivity contribution is -0.0504. The van der Waals surface area contributed by atoms with Gasteiger partial charge in [0.15, 0.2) is 5.96 Å². The molecule has 0 spiro atoms. The Hall–Kier alpha value is -1.75. The molecule has 5 nitrogen and oxygen atoms in total. The third kappa shape index (κ3) is 8.03. The molecule has 1 aliphatic heterocycles. The van der Waals surface area contributed by atoms with E-state index in [2.05, 4.69) is 49.5 Å². The number of alkyl halides is 2. The van der Waals surface area contributed by atoms with Crippen LogP contribution in [-0.2, 0) is 13.1 Å². The zero-order valence-electron chi connectivity index (χ0n) is 17.7. The number of aliphatic imine (C=N–C) groups is 1. The van der Waals surface area contributed by atoms with Gasteiger partial charge in [0.2, 0.25) is 0 Å². The van der Waals surface area contributed by atoms with E-state index in [0.717, 1.165) is 24.2 Å². The van der Waals surface area contributed by atoms with Crippen LogP contribution in [0, 0.1) is 6.92 Å². The molecule has 2 aromatic rings. The molecule has 1 heterocycles. The van der Waals surface area contributed by atoms with Crippen LogP contribution in [0.15, 0.2) is 47.5 Å². The predicted octanol–water partition coefficient (Wildman–Crippen LogP) is 4.63. The summed E-state index contributed by atoms with van der Waals surface area (Å²) in [5.74, 6) is 3.12. The fraction of sp³-hybridized carbons (Fsp3) is 0.409. The summed E-state index contributed by atoms with van der Waals surface area (Å²) in [5, 5.41) is 6.43. The first-order valence-corrected chi connectivity index (χ1v) is 11.1. The van der Waals surface area contributed by atoms with Crippen molar-refractivity contribution in [2.24, 2.45) is 4.99 Å². The van der Waals surface area contributed by atoms with E-state index in [4.69, 9.17) is 0 Å². The minimum Gasteiger partial charge on any atom is -0.434 e. The van der Waals surface area contributed by atoms with Gasteiger partial charge in [-0.25, -0.2) is 0 Å². The molecule has 1 saturated heterocycles. The average molecular weight is 562 g/mol. The second-order valence-electron chi connectivity index (χ2n) is 7.03. The summed E-state index contributed by atoms with van der Waals surface area (Å²) in [4.78, 5) is 6.63. The Morgan fingerprint density at radius 1 is 1.10 bits per heavy atom. The number of nitrogens with zero attached hydrogens (tertiary/aromatic N) is 2. The Bertz CT molecular complexity index is 846. The van der Waals surface area contributed by atoms with Crippen molar-refractivity contribution in [3.8, 4) is 5.75 Å². The molecule has 1 fully saturated rings. The van der Waals surface area contributed by atoms with Gasteiger partial charge in [0, 0.05) is 56.0 Å². The lowest BCUT2D eigenvalue weighted by atomic mass is 10.1. The van der Waals surface area contributed by atoms with Crippen LogP contribution in [0.2, 0.25) is 0 Å². The summed E-state index contributed by atoms with van der Waals surface area (Å²) in [6.45, 7) is 2.19. The minimum absolute atomic E-state index is 0. The van der Waals surface area contributed by atoms with Gasteiger partial charge in [0.25, 0.3) is 0 Å². The third-order valence-corrected chi connectivity index (χ3v) is 5.82. The molecule has 0 aromatic heterocycles. The van der Waals surface area contributed by atoms with Gasteiger partial charge < -0.3 is 20.3 Å². The van der Waals surface area contributed by atoms with Gasteiger partial charge in [-0.1, -0.05) is 29.8 Å². The van der Waals surface area contributed by atoms with Crippen molar-refractivity contribution in [3.05, 3.63) is 59.2 Å². The van der Waals surface area contributed by atoms with Crippen LogP contribution < -0.4 is 20.3 Å². The average Bonchev–Trinajstić information content (AvgIpc) is 2.76. The SMILES string of the molecule is CN=C(NCc1ccc(N2CCSCC2)cc1)NCc1cc(C)ccc1OC(F)F.I.